The van der Waals surface area contributed by atoms with Gasteiger partial charge >= 0.3 is 12.1 Å². The fourth-order valence-electron chi connectivity index (χ4n) is 5.56. The minimum absolute atomic E-state index is 0.0544. The second kappa shape index (κ2) is 16.9. The molecule has 0 spiro atoms. The van der Waals surface area contributed by atoms with Gasteiger partial charge in [-0.2, -0.15) is 13.2 Å². The van der Waals surface area contributed by atoms with Crippen LogP contribution in [0.2, 0.25) is 0 Å². The molecule has 0 fully saturated rings. The molecule has 1 atom stereocenters. The lowest BCUT2D eigenvalue weighted by Crippen LogP contribution is -2.34. The summed E-state index contributed by atoms with van der Waals surface area (Å²) in [4.78, 5) is 22.3. The molecule has 250 valence electrons. The number of nitrogens with one attached hydrogen (secondary N) is 2. The summed E-state index contributed by atoms with van der Waals surface area (Å²) < 4.78 is 41.6. The third-order valence-corrected chi connectivity index (χ3v) is 8.28. The van der Waals surface area contributed by atoms with Crippen LogP contribution in [0.3, 0.4) is 0 Å². The molecule has 3 N–H and O–H groups in total. The summed E-state index contributed by atoms with van der Waals surface area (Å²) in [7, 11) is 0. The number of carbonyl (C=O) groups excluding carboxylic acids is 1. The van der Waals surface area contributed by atoms with E-state index >= 15 is 0 Å². The lowest BCUT2D eigenvalue weighted by Gasteiger charge is -2.15. The highest BCUT2D eigenvalue weighted by Gasteiger charge is 2.32. The molecule has 1 unspecified atom stereocenters. The summed E-state index contributed by atoms with van der Waals surface area (Å²) >= 11 is 0. The molecular weight excluding hydrogens is 615 g/mol. The first-order valence-electron chi connectivity index (χ1n) is 15.8. The first-order valence-corrected chi connectivity index (χ1v) is 15.8. The van der Waals surface area contributed by atoms with Gasteiger partial charge in [0.1, 0.15) is 0 Å². The van der Waals surface area contributed by atoms with Crippen LogP contribution in [-0.4, -0.2) is 30.2 Å². The van der Waals surface area contributed by atoms with Crippen molar-refractivity contribution >= 4 is 30.2 Å². The first kappa shape index (κ1) is 36.1. The highest BCUT2D eigenvalue weighted by atomic mass is 19.4. The molecule has 0 saturated carbocycles. The summed E-state index contributed by atoms with van der Waals surface area (Å²) in [5.41, 5.74) is 7.86. The second-order valence-corrected chi connectivity index (χ2v) is 11.5. The van der Waals surface area contributed by atoms with Crippen LogP contribution in [-0.2, 0) is 24.1 Å². The van der Waals surface area contributed by atoms with Gasteiger partial charge in [0.15, 0.2) is 0 Å². The molecule has 4 aromatic rings. The minimum atomic E-state index is -4.50. The van der Waals surface area contributed by atoms with Crippen molar-refractivity contribution in [2.24, 2.45) is 5.18 Å². The van der Waals surface area contributed by atoms with E-state index in [0.29, 0.717) is 31.6 Å². The summed E-state index contributed by atoms with van der Waals surface area (Å²) in [5.74, 6) is -0.704. The molecule has 4 rings (SSSR count). The second-order valence-electron chi connectivity index (χ2n) is 11.5. The molecule has 0 saturated heterocycles. The van der Waals surface area contributed by atoms with Gasteiger partial charge < -0.3 is 15.7 Å². The van der Waals surface area contributed by atoms with Gasteiger partial charge in [-0.1, -0.05) is 98.0 Å². The molecule has 0 radical (unpaired) electrons. The zero-order chi connectivity index (χ0) is 34.7. The Labute approximate surface area is 279 Å². The Morgan fingerprint density at radius 2 is 1.42 bits per heavy atom. The van der Waals surface area contributed by atoms with Gasteiger partial charge in [-0.25, -0.2) is 0 Å². The average molecular weight is 656 g/mol. The van der Waals surface area contributed by atoms with Crippen molar-refractivity contribution in [3.63, 3.8) is 0 Å². The number of amides is 1. The van der Waals surface area contributed by atoms with Crippen molar-refractivity contribution in [3.05, 3.63) is 134 Å². The molecule has 1 amide bonds. The standard InChI is InChI=1S/C39H40F3N3O3/c1-4-37(38(47)45-48)44-25-29-9-5-8-28(22-29)14-16-31-10-6-12-34(26(31)2)35-13-7-11-32(27(35)3)17-18-33-23-30(24-43-20-21-46)15-19-36(33)39(40,41)42/h5-19,22-23,37,43-44,46H,4,20-21,24-25H2,1-3H3/b16-14+,18-17+. The van der Waals surface area contributed by atoms with Crippen LogP contribution >= 0.6 is 0 Å². The summed E-state index contributed by atoms with van der Waals surface area (Å²) in [5, 5.41) is 17.6. The quantitative estimate of drug-likeness (QED) is 0.0720. The van der Waals surface area contributed by atoms with E-state index in [2.05, 4.69) is 15.8 Å². The normalized spacial score (nSPS) is 12.6. The van der Waals surface area contributed by atoms with Gasteiger partial charge in [-0.05, 0) is 88.0 Å². The highest BCUT2D eigenvalue weighted by molar-refractivity contribution is 5.83. The molecule has 6 nitrogen and oxygen atoms in total. The molecule has 0 aliphatic carbocycles. The number of nitrogens with zero attached hydrogens (tertiary/aromatic N) is 1. The monoisotopic (exact) mass is 655 g/mol. The molecule has 0 aliphatic rings. The maximum Gasteiger partial charge on any atom is 0.416 e. The van der Waals surface area contributed by atoms with Gasteiger partial charge in [0.05, 0.1) is 18.2 Å². The van der Waals surface area contributed by atoms with Gasteiger partial charge in [-0.15, -0.1) is 4.91 Å². The first-order chi connectivity index (χ1) is 23.0. The largest absolute Gasteiger partial charge is 0.416 e. The number of hydrogen-bond acceptors (Lipinski definition) is 5. The number of aliphatic hydroxyl groups excluding tert-OH is 1. The predicted octanol–water partition coefficient (Wildman–Crippen LogP) is 8.57. The van der Waals surface area contributed by atoms with Crippen LogP contribution in [0.25, 0.3) is 35.4 Å². The Morgan fingerprint density at radius 3 is 2.02 bits per heavy atom. The van der Waals surface area contributed by atoms with Gasteiger partial charge in [-0.3, -0.25) is 4.79 Å². The van der Waals surface area contributed by atoms with E-state index < -0.39 is 23.7 Å². The van der Waals surface area contributed by atoms with E-state index in [-0.39, 0.29) is 12.2 Å². The minimum Gasteiger partial charge on any atom is -0.395 e. The van der Waals surface area contributed by atoms with Gasteiger partial charge in [0.25, 0.3) is 0 Å². The number of carbonyl (C=O) groups is 1. The lowest BCUT2D eigenvalue weighted by atomic mass is 9.91. The number of rotatable bonds is 14. The summed E-state index contributed by atoms with van der Waals surface area (Å²) in [6.07, 6.45) is 3.27. The summed E-state index contributed by atoms with van der Waals surface area (Å²) in [6, 6.07) is 23.2. The van der Waals surface area contributed by atoms with Crippen molar-refractivity contribution in [1.29, 1.82) is 0 Å². The van der Waals surface area contributed by atoms with Crippen LogP contribution in [0.15, 0.2) is 84.0 Å². The maximum absolute atomic E-state index is 13.9. The zero-order valence-corrected chi connectivity index (χ0v) is 27.3. The van der Waals surface area contributed by atoms with Gasteiger partial charge in [0.2, 0.25) is 0 Å². The molecule has 0 bridgehead atoms. The smallest absolute Gasteiger partial charge is 0.395 e. The molecule has 9 heteroatoms. The van der Waals surface area contributed by atoms with Crippen LogP contribution in [0, 0.1) is 18.8 Å². The number of nitroso groups, excluding NO2 is 1. The van der Waals surface area contributed by atoms with Crippen LogP contribution in [0.4, 0.5) is 13.2 Å². The third-order valence-electron chi connectivity index (χ3n) is 8.28. The van der Waals surface area contributed by atoms with Crippen molar-refractivity contribution in [2.75, 3.05) is 13.2 Å². The third kappa shape index (κ3) is 9.44. The Morgan fingerprint density at radius 1 is 0.812 bits per heavy atom. The fourth-order valence-corrected chi connectivity index (χ4v) is 5.56. The van der Waals surface area contributed by atoms with Crippen molar-refractivity contribution in [3.8, 4) is 11.1 Å². The van der Waals surface area contributed by atoms with Crippen LogP contribution in [0.1, 0.15) is 63.4 Å². The maximum atomic E-state index is 13.9. The molecule has 0 aliphatic heterocycles. The number of benzene rings is 4. The van der Waals surface area contributed by atoms with E-state index in [4.69, 9.17) is 5.11 Å². The topological polar surface area (TPSA) is 90.8 Å². The highest BCUT2D eigenvalue weighted by Crippen LogP contribution is 2.35. The molecule has 0 heterocycles. The molecule has 4 aromatic carbocycles. The number of hydrogen-bond donors (Lipinski definition) is 3. The van der Waals surface area contributed by atoms with Crippen LogP contribution < -0.4 is 10.6 Å². The Kier molecular flexibility index (Phi) is 12.7. The number of aliphatic hydroxyl groups is 1. The van der Waals surface area contributed by atoms with E-state index in [9.17, 15) is 22.9 Å². The summed E-state index contributed by atoms with van der Waals surface area (Å²) in [6.45, 7) is 6.91. The van der Waals surface area contributed by atoms with E-state index in [1.807, 2.05) is 93.6 Å². The van der Waals surface area contributed by atoms with Gasteiger partial charge in [0, 0.05) is 24.8 Å². The predicted molar refractivity (Wildman–Crippen MR) is 188 cm³/mol. The van der Waals surface area contributed by atoms with E-state index in [1.54, 1.807) is 6.08 Å². The van der Waals surface area contributed by atoms with Crippen molar-refractivity contribution in [2.45, 2.75) is 52.5 Å². The van der Waals surface area contributed by atoms with Crippen LogP contribution in [0.5, 0.6) is 0 Å². The fraction of sp³-hybridized carbons (Fsp3) is 0.256. The molecule has 48 heavy (non-hydrogen) atoms. The number of halogens is 3. The van der Waals surface area contributed by atoms with E-state index in [0.717, 1.165) is 50.6 Å². The average Bonchev–Trinajstić information content (AvgIpc) is 3.07. The van der Waals surface area contributed by atoms with E-state index in [1.165, 1.54) is 18.2 Å². The SMILES string of the molecule is CCC(NCc1cccc(/C=C/c2cccc(-c3cccc(/C=C/c4cc(CNCCO)ccc4C(F)(F)F)c3C)c2C)c1)C(=O)N=O. The molecule has 0 aromatic heterocycles. The zero-order valence-electron chi connectivity index (χ0n) is 27.3. The van der Waals surface area contributed by atoms with Crippen molar-refractivity contribution in [1.82, 2.24) is 10.6 Å². The Bertz CT molecular complexity index is 1800. The Hall–Kier alpha value is -4.70. The van der Waals surface area contributed by atoms with Crippen molar-refractivity contribution < 1.29 is 23.1 Å². The Balaban J connectivity index is 1.58. The molecular formula is C39H40F3N3O3. The lowest BCUT2D eigenvalue weighted by molar-refractivity contribution is -0.137. The number of alkyl halides is 3.